The van der Waals surface area contributed by atoms with E-state index >= 15 is 0 Å². The van der Waals surface area contributed by atoms with Gasteiger partial charge in [-0.05, 0) is 31.0 Å². The highest BCUT2D eigenvalue weighted by atomic mass is 35.5. The summed E-state index contributed by atoms with van der Waals surface area (Å²) in [5.41, 5.74) is -0.134. The van der Waals surface area contributed by atoms with Gasteiger partial charge in [0.2, 0.25) is 10.0 Å². The Morgan fingerprint density at radius 1 is 1.25 bits per heavy atom. The van der Waals surface area contributed by atoms with Gasteiger partial charge in [-0.25, -0.2) is 22.2 Å². The first-order chi connectivity index (χ1) is 13.1. The van der Waals surface area contributed by atoms with Crippen LogP contribution in [-0.2, 0) is 23.6 Å². The third-order valence-corrected chi connectivity index (χ3v) is 6.74. The summed E-state index contributed by atoms with van der Waals surface area (Å²) in [6.07, 6.45) is 2.31. The number of hydrogen-bond donors (Lipinski definition) is 0. The second-order valence-electron chi connectivity index (χ2n) is 6.84. The highest BCUT2D eigenvalue weighted by molar-refractivity contribution is 7.88. The molecule has 0 atom stereocenters. The summed E-state index contributed by atoms with van der Waals surface area (Å²) in [6.45, 7) is 0.518. The van der Waals surface area contributed by atoms with Crippen molar-refractivity contribution in [2.45, 2.75) is 25.3 Å². The van der Waals surface area contributed by atoms with Crippen LogP contribution >= 0.6 is 23.2 Å². The van der Waals surface area contributed by atoms with Crippen molar-refractivity contribution in [1.29, 1.82) is 0 Å². The molecule has 1 aliphatic rings. The minimum absolute atomic E-state index is 0.0498. The molecular formula is C17H20Cl2N4O4S. The van der Waals surface area contributed by atoms with Gasteiger partial charge in [0.1, 0.15) is 12.4 Å². The van der Waals surface area contributed by atoms with Crippen molar-refractivity contribution in [1.82, 2.24) is 18.7 Å². The van der Waals surface area contributed by atoms with Gasteiger partial charge in [0, 0.05) is 36.6 Å². The molecule has 0 spiro atoms. The largest absolute Gasteiger partial charge is 0.346 e. The number of benzene rings is 1. The van der Waals surface area contributed by atoms with Crippen LogP contribution in [0.3, 0.4) is 0 Å². The molecule has 0 bridgehead atoms. The van der Waals surface area contributed by atoms with Crippen molar-refractivity contribution < 1.29 is 13.2 Å². The van der Waals surface area contributed by atoms with Gasteiger partial charge in [-0.15, -0.1) is 0 Å². The van der Waals surface area contributed by atoms with E-state index in [1.165, 1.54) is 27.3 Å². The van der Waals surface area contributed by atoms with Gasteiger partial charge < -0.3 is 0 Å². The average Bonchev–Trinajstić information content (AvgIpc) is 2.89. The summed E-state index contributed by atoms with van der Waals surface area (Å²) in [4.78, 5) is 25.1. The van der Waals surface area contributed by atoms with Crippen LogP contribution in [0, 0.1) is 0 Å². The molecule has 0 unspecified atom stereocenters. The molecule has 0 N–H and O–H groups in total. The van der Waals surface area contributed by atoms with Gasteiger partial charge in [-0.3, -0.25) is 9.36 Å². The number of sulfonamides is 1. The van der Waals surface area contributed by atoms with Crippen LogP contribution in [-0.4, -0.2) is 52.2 Å². The first-order valence-electron chi connectivity index (χ1n) is 8.65. The lowest BCUT2D eigenvalue weighted by Crippen LogP contribution is -2.37. The Hall–Kier alpha value is -1.68. The van der Waals surface area contributed by atoms with Crippen molar-refractivity contribution >= 4 is 39.0 Å². The van der Waals surface area contributed by atoms with Crippen LogP contribution in [0.25, 0.3) is 0 Å². The van der Waals surface area contributed by atoms with E-state index in [0.717, 1.165) is 4.68 Å². The summed E-state index contributed by atoms with van der Waals surface area (Å²) in [7, 11) is -1.62. The molecule has 1 aliphatic heterocycles. The molecule has 0 aliphatic carbocycles. The van der Waals surface area contributed by atoms with E-state index in [0.29, 0.717) is 36.8 Å². The SMILES string of the molecule is Cn1c(C2CCN(S(C)(=O)=O)CC2)nn(CC(=O)c2ccc(Cl)cc2Cl)c1=O. The van der Waals surface area contributed by atoms with Gasteiger partial charge in [0.25, 0.3) is 0 Å². The molecule has 28 heavy (non-hydrogen) atoms. The van der Waals surface area contributed by atoms with E-state index in [9.17, 15) is 18.0 Å². The van der Waals surface area contributed by atoms with Crippen LogP contribution in [0.1, 0.15) is 34.9 Å². The van der Waals surface area contributed by atoms with Crippen LogP contribution in [0.5, 0.6) is 0 Å². The monoisotopic (exact) mass is 446 g/mol. The Morgan fingerprint density at radius 3 is 2.46 bits per heavy atom. The van der Waals surface area contributed by atoms with Crippen LogP contribution in [0.15, 0.2) is 23.0 Å². The van der Waals surface area contributed by atoms with Crippen molar-refractivity contribution in [3.63, 3.8) is 0 Å². The third kappa shape index (κ3) is 4.32. The fourth-order valence-corrected chi connectivity index (χ4v) is 4.73. The number of aromatic nitrogens is 3. The van der Waals surface area contributed by atoms with Crippen molar-refractivity contribution in [2.24, 2.45) is 7.05 Å². The number of nitrogens with zero attached hydrogens (tertiary/aromatic N) is 4. The normalized spacial score (nSPS) is 16.4. The van der Waals surface area contributed by atoms with Crippen molar-refractivity contribution in [3.05, 3.63) is 50.1 Å². The zero-order valence-electron chi connectivity index (χ0n) is 15.4. The van der Waals surface area contributed by atoms with Gasteiger partial charge in [0.05, 0.1) is 11.3 Å². The van der Waals surface area contributed by atoms with Gasteiger partial charge in [-0.1, -0.05) is 23.2 Å². The Bertz CT molecular complexity index is 1070. The number of hydrogen-bond acceptors (Lipinski definition) is 5. The standard InChI is InChI=1S/C17H20Cl2N4O4S/c1-21-16(11-5-7-22(8-6-11)28(2,26)27)20-23(17(21)25)10-15(24)13-4-3-12(18)9-14(13)19/h3-4,9,11H,5-8,10H2,1-2H3. The first kappa shape index (κ1) is 21.0. The van der Waals surface area contributed by atoms with Crippen molar-refractivity contribution in [3.8, 4) is 0 Å². The first-order valence-corrected chi connectivity index (χ1v) is 11.3. The fraction of sp³-hybridized carbons (Fsp3) is 0.471. The Labute approximate surface area is 172 Å². The summed E-state index contributed by atoms with van der Waals surface area (Å²) in [5.74, 6) is 0.152. The highest BCUT2D eigenvalue weighted by Crippen LogP contribution is 2.27. The molecule has 1 aromatic heterocycles. The van der Waals surface area contributed by atoms with E-state index in [2.05, 4.69) is 5.10 Å². The second-order valence-corrected chi connectivity index (χ2v) is 9.67. The molecule has 152 valence electrons. The van der Waals surface area contributed by atoms with Crippen LogP contribution in [0.2, 0.25) is 10.0 Å². The zero-order valence-corrected chi connectivity index (χ0v) is 17.8. The van der Waals surface area contributed by atoms with Crippen molar-refractivity contribution in [2.75, 3.05) is 19.3 Å². The summed E-state index contributed by atoms with van der Waals surface area (Å²) >= 11 is 11.9. The third-order valence-electron chi connectivity index (χ3n) is 4.89. The molecule has 3 rings (SSSR count). The van der Waals surface area contributed by atoms with Gasteiger partial charge >= 0.3 is 5.69 Å². The predicted octanol–water partition coefficient (Wildman–Crippen LogP) is 1.91. The molecule has 1 fully saturated rings. The molecule has 1 saturated heterocycles. The maximum atomic E-state index is 12.5. The minimum atomic E-state index is -3.23. The summed E-state index contributed by atoms with van der Waals surface area (Å²) in [6, 6.07) is 4.55. The quantitative estimate of drug-likeness (QED) is 0.653. The lowest BCUT2D eigenvalue weighted by Gasteiger charge is -2.29. The number of rotatable bonds is 5. The molecule has 8 nitrogen and oxygen atoms in total. The highest BCUT2D eigenvalue weighted by Gasteiger charge is 2.29. The topological polar surface area (TPSA) is 94.3 Å². The van der Waals surface area contributed by atoms with Crippen LogP contribution in [0.4, 0.5) is 0 Å². The maximum Gasteiger partial charge on any atom is 0.346 e. The fourth-order valence-electron chi connectivity index (χ4n) is 3.35. The van der Waals surface area contributed by atoms with E-state index in [-0.39, 0.29) is 28.8 Å². The molecule has 11 heteroatoms. The smallest absolute Gasteiger partial charge is 0.292 e. The number of carbonyl (C=O) groups excluding carboxylic acids is 1. The lowest BCUT2D eigenvalue weighted by molar-refractivity contribution is 0.0966. The summed E-state index contributed by atoms with van der Waals surface area (Å²) < 4.78 is 27.3. The Balaban J connectivity index is 1.78. The Morgan fingerprint density at radius 2 is 1.89 bits per heavy atom. The predicted molar refractivity (Wildman–Crippen MR) is 107 cm³/mol. The van der Waals surface area contributed by atoms with E-state index in [1.807, 2.05) is 0 Å². The van der Waals surface area contributed by atoms with Crippen LogP contribution < -0.4 is 5.69 Å². The average molecular weight is 447 g/mol. The molecule has 2 heterocycles. The van der Waals surface area contributed by atoms with E-state index < -0.39 is 15.7 Å². The zero-order chi connectivity index (χ0) is 20.6. The number of carbonyl (C=O) groups is 1. The van der Waals surface area contributed by atoms with E-state index in [1.54, 1.807) is 13.1 Å². The molecule has 1 aromatic carbocycles. The number of Topliss-reactive ketones (excluding diaryl/α,β-unsaturated/α-hetero) is 1. The number of piperidine rings is 1. The second kappa shape index (κ2) is 7.98. The molecule has 0 radical (unpaired) electrons. The van der Waals surface area contributed by atoms with Gasteiger partial charge in [0.15, 0.2) is 5.78 Å². The van der Waals surface area contributed by atoms with E-state index in [4.69, 9.17) is 23.2 Å². The molecular weight excluding hydrogens is 427 g/mol. The minimum Gasteiger partial charge on any atom is -0.292 e. The maximum absolute atomic E-state index is 12.5. The number of ketones is 1. The molecule has 2 aromatic rings. The lowest BCUT2D eigenvalue weighted by atomic mass is 9.97. The Kier molecular flexibility index (Phi) is 6.00. The van der Waals surface area contributed by atoms with Gasteiger partial charge in [-0.2, -0.15) is 5.10 Å². The number of halogens is 2. The molecule has 0 amide bonds. The summed E-state index contributed by atoms with van der Waals surface area (Å²) in [5, 5.41) is 4.98. The molecule has 0 saturated carbocycles.